The van der Waals surface area contributed by atoms with Crippen molar-refractivity contribution in [3.8, 4) is 0 Å². The molecule has 1 aliphatic carbocycles. The van der Waals surface area contributed by atoms with Crippen molar-refractivity contribution >= 4 is 5.91 Å². The lowest BCUT2D eigenvalue weighted by Gasteiger charge is -2.21. The molecule has 108 valence electrons. The topological polar surface area (TPSA) is 77.0 Å². The summed E-state index contributed by atoms with van der Waals surface area (Å²) in [5.74, 6) is 1.23. The number of hydrogen-bond donors (Lipinski definition) is 1. The fourth-order valence-electron chi connectivity index (χ4n) is 3.25. The van der Waals surface area contributed by atoms with Gasteiger partial charge in [0.2, 0.25) is 0 Å². The van der Waals surface area contributed by atoms with E-state index in [1.807, 2.05) is 4.90 Å². The molecule has 0 radical (unpaired) electrons. The molecule has 1 fully saturated rings. The van der Waals surface area contributed by atoms with E-state index in [0.717, 1.165) is 25.9 Å². The van der Waals surface area contributed by atoms with Gasteiger partial charge in [-0.25, -0.2) is 0 Å². The molecule has 0 saturated carbocycles. The number of nitrogens with zero attached hydrogens (tertiary/aromatic N) is 4. The molecule has 0 unspecified atom stereocenters. The molecule has 6 nitrogen and oxygen atoms in total. The Morgan fingerprint density at radius 1 is 1.45 bits per heavy atom. The van der Waals surface area contributed by atoms with Crippen LogP contribution in [0.15, 0.2) is 17.8 Å². The van der Waals surface area contributed by atoms with Crippen molar-refractivity contribution in [2.45, 2.75) is 26.3 Å². The number of fused-ring (bicyclic) bond motifs is 1. The molecular formula is C14H21N5O. The van der Waals surface area contributed by atoms with Crippen LogP contribution in [0.2, 0.25) is 0 Å². The molecule has 2 aliphatic rings. The highest BCUT2D eigenvalue weighted by atomic mass is 16.2. The summed E-state index contributed by atoms with van der Waals surface area (Å²) in [6, 6.07) is 0. The van der Waals surface area contributed by atoms with Gasteiger partial charge in [0.25, 0.3) is 5.91 Å². The lowest BCUT2D eigenvalue weighted by molar-refractivity contribution is 0.0778. The zero-order valence-corrected chi connectivity index (χ0v) is 11.8. The Kier molecular flexibility index (Phi) is 3.56. The number of carbonyl (C=O) groups is 1. The van der Waals surface area contributed by atoms with Crippen molar-refractivity contribution in [3.05, 3.63) is 23.5 Å². The number of carbonyl (C=O) groups excluding carboxylic acids is 1. The zero-order valence-electron chi connectivity index (χ0n) is 11.8. The first-order valence-electron chi connectivity index (χ1n) is 7.22. The second-order valence-corrected chi connectivity index (χ2v) is 5.88. The van der Waals surface area contributed by atoms with E-state index in [-0.39, 0.29) is 5.91 Å². The van der Waals surface area contributed by atoms with Crippen LogP contribution in [-0.4, -0.2) is 45.4 Å². The molecule has 2 heterocycles. The molecule has 20 heavy (non-hydrogen) atoms. The minimum atomic E-state index is 0.000300. The number of amides is 1. The van der Waals surface area contributed by atoms with E-state index in [0.29, 0.717) is 30.6 Å². The molecule has 2 N–H and O–H groups in total. The number of likely N-dealkylation sites (tertiary alicyclic amines) is 1. The van der Waals surface area contributed by atoms with Crippen molar-refractivity contribution in [2.75, 3.05) is 19.6 Å². The van der Waals surface area contributed by atoms with Crippen LogP contribution in [0.4, 0.5) is 0 Å². The SMILES string of the molecule is CC1=CC[C@@H]2CN(C(=O)c3cn(CCN)nn3)C[C@@H]2C1. The molecule has 0 spiro atoms. The van der Waals surface area contributed by atoms with Gasteiger partial charge in [-0.15, -0.1) is 5.10 Å². The second kappa shape index (κ2) is 5.36. The van der Waals surface area contributed by atoms with Crippen LogP contribution in [-0.2, 0) is 6.54 Å². The number of rotatable bonds is 3. The average molecular weight is 275 g/mol. The van der Waals surface area contributed by atoms with E-state index in [9.17, 15) is 4.79 Å². The lowest BCUT2D eigenvalue weighted by atomic mass is 9.83. The van der Waals surface area contributed by atoms with Crippen LogP contribution in [0.1, 0.15) is 30.3 Å². The zero-order chi connectivity index (χ0) is 14.1. The van der Waals surface area contributed by atoms with Crippen molar-refractivity contribution in [3.63, 3.8) is 0 Å². The minimum absolute atomic E-state index is 0.000300. The van der Waals surface area contributed by atoms with Gasteiger partial charge in [-0.3, -0.25) is 9.48 Å². The molecule has 0 bridgehead atoms. The molecule has 3 rings (SSSR count). The smallest absolute Gasteiger partial charge is 0.276 e. The number of hydrogen-bond acceptors (Lipinski definition) is 4. The predicted octanol–water partition coefficient (Wildman–Crippen LogP) is 0.665. The third kappa shape index (κ3) is 2.47. The van der Waals surface area contributed by atoms with Gasteiger partial charge >= 0.3 is 0 Å². The normalized spacial score (nSPS) is 25.5. The third-order valence-corrected chi connectivity index (χ3v) is 4.33. The van der Waals surface area contributed by atoms with E-state index in [2.05, 4.69) is 23.3 Å². The monoisotopic (exact) mass is 275 g/mol. The lowest BCUT2D eigenvalue weighted by Crippen LogP contribution is -2.29. The van der Waals surface area contributed by atoms with Gasteiger partial charge in [0.1, 0.15) is 0 Å². The molecule has 1 aromatic rings. The van der Waals surface area contributed by atoms with E-state index in [1.54, 1.807) is 10.9 Å². The maximum absolute atomic E-state index is 12.5. The summed E-state index contributed by atoms with van der Waals surface area (Å²) in [7, 11) is 0. The van der Waals surface area contributed by atoms with E-state index >= 15 is 0 Å². The molecule has 1 aromatic heterocycles. The molecule has 1 amide bonds. The van der Waals surface area contributed by atoms with Crippen LogP contribution in [0.3, 0.4) is 0 Å². The third-order valence-electron chi connectivity index (χ3n) is 4.33. The first-order chi connectivity index (χ1) is 9.67. The van der Waals surface area contributed by atoms with Gasteiger partial charge in [0, 0.05) is 19.6 Å². The van der Waals surface area contributed by atoms with Gasteiger partial charge in [0.15, 0.2) is 5.69 Å². The fraction of sp³-hybridized carbons (Fsp3) is 0.643. The van der Waals surface area contributed by atoms with Crippen molar-refractivity contribution in [2.24, 2.45) is 17.6 Å². The van der Waals surface area contributed by atoms with Gasteiger partial charge in [-0.05, 0) is 31.6 Å². The van der Waals surface area contributed by atoms with E-state index in [4.69, 9.17) is 5.73 Å². The summed E-state index contributed by atoms with van der Waals surface area (Å²) in [5.41, 5.74) is 7.36. The Morgan fingerprint density at radius 2 is 2.25 bits per heavy atom. The van der Waals surface area contributed by atoms with Crippen LogP contribution in [0.25, 0.3) is 0 Å². The Labute approximate surface area is 118 Å². The summed E-state index contributed by atoms with van der Waals surface area (Å²) >= 11 is 0. The number of aromatic nitrogens is 3. The van der Waals surface area contributed by atoms with Gasteiger partial charge in [0.05, 0.1) is 12.7 Å². The highest BCUT2D eigenvalue weighted by Gasteiger charge is 2.37. The van der Waals surface area contributed by atoms with Crippen LogP contribution < -0.4 is 5.73 Å². The highest BCUT2D eigenvalue weighted by molar-refractivity contribution is 5.92. The predicted molar refractivity (Wildman–Crippen MR) is 75.0 cm³/mol. The molecule has 1 aliphatic heterocycles. The maximum atomic E-state index is 12.5. The van der Waals surface area contributed by atoms with Gasteiger partial charge < -0.3 is 10.6 Å². The van der Waals surface area contributed by atoms with Crippen molar-refractivity contribution < 1.29 is 4.79 Å². The number of allylic oxidation sites excluding steroid dienone is 2. The Balaban J connectivity index is 1.66. The largest absolute Gasteiger partial charge is 0.337 e. The Hall–Kier alpha value is -1.69. The first kappa shape index (κ1) is 13.3. The van der Waals surface area contributed by atoms with E-state index < -0.39 is 0 Å². The second-order valence-electron chi connectivity index (χ2n) is 5.88. The summed E-state index contributed by atoms with van der Waals surface area (Å²) in [6.45, 7) is 4.96. The quantitative estimate of drug-likeness (QED) is 0.822. The van der Waals surface area contributed by atoms with Crippen molar-refractivity contribution in [1.82, 2.24) is 19.9 Å². The van der Waals surface area contributed by atoms with Gasteiger partial charge in [-0.2, -0.15) is 0 Å². The summed E-state index contributed by atoms with van der Waals surface area (Å²) in [4.78, 5) is 14.4. The molecule has 2 atom stereocenters. The summed E-state index contributed by atoms with van der Waals surface area (Å²) < 4.78 is 1.63. The standard InChI is InChI=1S/C14H21N5O/c1-10-2-3-11-7-18(8-12(11)6-10)14(20)13-9-19(5-4-15)17-16-13/h2,9,11-12H,3-8,15H2,1H3/t11-,12+/m1/s1. The Morgan fingerprint density at radius 3 is 3.05 bits per heavy atom. The van der Waals surface area contributed by atoms with Crippen LogP contribution in [0, 0.1) is 11.8 Å². The van der Waals surface area contributed by atoms with Crippen LogP contribution in [0.5, 0.6) is 0 Å². The average Bonchev–Trinajstić information content (AvgIpc) is 3.04. The highest BCUT2D eigenvalue weighted by Crippen LogP contribution is 2.35. The molecular weight excluding hydrogens is 254 g/mol. The molecule has 1 saturated heterocycles. The van der Waals surface area contributed by atoms with Crippen LogP contribution >= 0.6 is 0 Å². The number of nitrogens with two attached hydrogens (primary N) is 1. The fourth-order valence-corrected chi connectivity index (χ4v) is 3.25. The van der Waals surface area contributed by atoms with Crippen molar-refractivity contribution in [1.29, 1.82) is 0 Å². The molecule has 0 aromatic carbocycles. The van der Waals surface area contributed by atoms with E-state index in [1.165, 1.54) is 5.57 Å². The first-order valence-corrected chi connectivity index (χ1v) is 7.22. The summed E-state index contributed by atoms with van der Waals surface area (Å²) in [6.07, 6.45) is 6.22. The summed E-state index contributed by atoms with van der Waals surface area (Å²) in [5, 5.41) is 7.89. The Bertz CT molecular complexity index is 535. The minimum Gasteiger partial charge on any atom is -0.337 e. The maximum Gasteiger partial charge on any atom is 0.276 e. The molecule has 6 heteroatoms. The van der Waals surface area contributed by atoms with Gasteiger partial charge in [-0.1, -0.05) is 16.9 Å².